The van der Waals surface area contributed by atoms with Gasteiger partial charge in [0.05, 0.1) is 19.1 Å². The van der Waals surface area contributed by atoms with E-state index in [0.717, 1.165) is 6.54 Å². The lowest BCUT2D eigenvalue weighted by Gasteiger charge is -2.23. The SMILES string of the molecule is Cl.O=C(CC1CNCCO1)NCc1ccccc1OC(F)F. The third-order valence-corrected chi connectivity index (χ3v) is 3.08. The Morgan fingerprint density at radius 3 is 2.91 bits per heavy atom. The van der Waals surface area contributed by atoms with Gasteiger partial charge in [0.25, 0.3) is 0 Å². The van der Waals surface area contributed by atoms with E-state index in [1.807, 2.05) is 0 Å². The zero-order chi connectivity index (χ0) is 15.1. The van der Waals surface area contributed by atoms with Crippen molar-refractivity contribution < 1.29 is 23.0 Å². The number of hydrogen-bond acceptors (Lipinski definition) is 4. The molecule has 1 heterocycles. The molecular formula is C14H19ClF2N2O3. The van der Waals surface area contributed by atoms with E-state index in [2.05, 4.69) is 15.4 Å². The smallest absolute Gasteiger partial charge is 0.387 e. The Hall–Kier alpha value is -1.44. The lowest BCUT2D eigenvalue weighted by atomic mass is 10.2. The van der Waals surface area contributed by atoms with E-state index >= 15 is 0 Å². The van der Waals surface area contributed by atoms with Gasteiger partial charge < -0.3 is 20.1 Å². The van der Waals surface area contributed by atoms with Crippen molar-refractivity contribution >= 4 is 18.3 Å². The van der Waals surface area contributed by atoms with Crippen LogP contribution in [0.3, 0.4) is 0 Å². The molecule has 0 bridgehead atoms. The number of alkyl halides is 2. The first kappa shape index (κ1) is 18.6. The fourth-order valence-electron chi connectivity index (χ4n) is 2.08. The lowest BCUT2D eigenvalue weighted by molar-refractivity contribution is -0.124. The molecule has 0 saturated carbocycles. The Labute approximate surface area is 133 Å². The summed E-state index contributed by atoms with van der Waals surface area (Å²) in [7, 11) is 0. The summed E-state index contributed by atoms with van der Waals surface area (Å²) in [6.45, 7) is -0.733. The van der Waals surface area contributed by atoms with Gasteiger partial charge in [-0.1, -0.05) is 18.2 Å². The molecule has 1 aliphatic rings. The summed E-state index contributed by atoms with van der Waals surface area (Å²) in [5.74, 6) is -0.112. The second-order valence-electron chi connectivity index (χ2n) is 4.66. The maximum atomic E-state index is 12.3. The maximum Gasteiger partial charge on any atom is 0.387 e. The summed E-state index contributed by atoms with van der Waals surface area (Å²) >= 11 is 0. The molecule has 0 spiro atoms. The van der Waals surface area contributed by atoms with Crippen LogP contribution < -0.4 is 15.4 Å². The molecule has 2 rings (SSSR count). The van der Waals surface area contributed by atoms with E-state index in [1.165, 1.54) is 6.07 Å². The van der Waals surface area contributed by atoms with Crippen molar-refractivity contribution in [1.82, 2.24) is 10.6 Å². The van der Waals surface area contributed by atoms with Gasteiger partial charge in [0.15, 0.2) is 0 Å². The number of amides is 1. The minimum absolute atomic E-state index is 0. The van der Waals surface area contributed by atoms with Crippen LogP contribution in [0.25, 0.3) is 0 Å². The number of morpholine rings is 1. The molecule has 124 valence electrons. The van der Waals surface area contributed by atoms with E-state index in [-0.39, 0.29) is 43.1 Å². The third-order valence-electron chi connectivity index (χ3n) is 3.08. The normalized spacial score (nSPS) is 17.7. The number of ether oxygens (including phenoxy) is 2. The highest BCUT2D eigenvalue weighted by molar-refractivity contribution is 5.85. The summed E-state index contributed by atoms with van der Waals surface area (Å²) in [5, 5.41) is 5.82. The van der Waals surface area contributed by atoms with Crippen LogP contribution in [0.4, 0.5) is 8.78 Å². The maximum absolute atomic E-state index is 12.3. The first-order valence-electron chi connectivity index (χ1n) is 6.77. The van der Waals surface area contributed by atoms with E-state index in [4.69, 9.17) is 4.74 Å². The Morgan fingerprint density at radius 2 is 2.23 bits per heavy atom. The van der Waals surface area contributed by atoms with Gasteiger partial charge in [-0.05, 0) is 6.07 Å². The highest BCUT2D eigenvalue weighted by Crippen LogP contribution is 2.20. The molecule has 1 aromatic rings. The van der Waals surface area contributed by atoms with Crippen molar-refractivity contribution in [2.75, 3.05) is 19.7 Å². The van der Waals surface area contributed by atoms with E-state index in [9.17, 15) is 13.6 Å². The molecular weight excluding hydrogens is 318 g/mol. The molecule has 1 amide bonds. The Morgan fingerprint density at radius 1 is 1.45 bits per heavy atom. The number of hydrogen-bond donors (Lipinski definition) is 2. The van der Waals surface area contributed by atoms with Gasteiger partial charge in [0, 0.05) is 25.2 Å². The Kier molecular flexibility index (Phi) is 8.08. The van der Waals surface area contributed by atoms with Crippen molar-refractivity contribution in [2.24, 2.45) is 0 Å². The number of carbonyl (C=O) groups excluding carboxylic acids is 1. The quantitative estimate of drug-likeness (QED) is 0.830. The van der Waals surface area contributed by atoms with Crippen LogP contribution in [-0.4, -0.2) is 38.3 Å². The number of para-hydroxylation sites is 1. The summed E-state index contributed by atoms with van der Waals surface area (Å²) in [4.78, 5) is 11.8. The average Bonchev–Trinajstić information content (AvgIpc) is 2.47. The zero-order valence-corrected chi connectivity index (χ0v) is 12.7. The van der Waals surface area contributed by atoms with Gasteiger partial charge in [-0.3, -0.25) is 4.79 Å². The summed E-state index contributed by atoms with van der Waals surface area (Å²) in [5.41, 5.74) is 0.508. The van der Waals surface area contributed by atoms with E-state index in [1.54, 1.807) is 18.2 Å². The van der Waals surface area contributed by atoms with Crippen LogP contribution in [0.15, 0.2) is 24.3 Å². The number of rotatable bonds is 6. The van der Waals surface area contributed by atoms with Gasteiger partial charge >= 0.3 is 6.61 Å². The molecule has 1 aliphatic heterocycles. The zero-order valence-electron chi connectivity index (χ0n) is 11.9. The molecule has 0 aliphatic carbocycles. The third kappa shape index (κ3) is 6.13. The second-order valence-corrected chi connectivity index (χ2v) is 4.66. The first-order valence-corrected chi connectivity index (χ1v) is 6.77. The highest BCUT2D eigenvalue weighted by atomic mass is 35.5. The van der Waals surface area contributed by atoms with Crippen molar-refractivity contribution in [1.29, 1.82) is 0 Å². The van der Waals surface area contributed by atoms with Gasteiger partial charge in [0.2, 0.25) is 5.91 Å². The van der Waals surface area contributed by atoms with Crippen molar-refractivity contribution in [2.45, 2.75) is 25.7 Å². The number of nitrogens with one attached hydrogen (secondary N) is 2. The van der Waals surface area contributed by atoms with Crippen LogP contribution in [0.2, 0.25) is 0 Å². The molecule has 2 N–H and O–H groups in total. The van der Waals surface area contributed by atoms with Crippen molar-refractivity contribution in [3.63, 3.8) is 0 Å². The van der Waals surface area contributed by atoms with Gasteiger partial charge in [-0.25, -0.2) is 0 Å². The lowest BCUT2D eigenvalue weighted by Crippen LogP contribution is -2.41. The van der Waals surface area contributed by atoms with Gasteiger partial charge in [-0.2, -0.15) is 8.78 Å². The molecule has 8 heteroatoms. The molecule has 0 radical (unpaired) electrons. The number of benzene rings is 1. The minimum atomic E-state index is -2.89. The van der Waals surface area contributed by atoms with Crippen LogP contribution in [-0.2, 0) is 16.1 Å². The highest BCUT2D eigenvalue weighted by Gasteiger charge is 2.17. The molecule has 1 aromatic carbocycles. The molecule has 1 unspecified atom stereocenters. The summed E-state index contributed by atoms with van der Waals surface area (Å²) in [6.07, 6.45) is 0.0940. The van der Waals surface area contributed by atoms with Crippen molar-refractivity contribution in [3.05, 3.63) is 29.8 Å². The number of halogens is 3. The predicted octanol–water partition coefficient (Wildman–Crippen LogP) is 1.70. The second kappa shape index (κ2) is 9.55. The monoisotopic (exact) mass is 336 g/mol. The summed E-state index contributed by atoms with van der Waals surface area (Å²) in [6, 6.07) is 6.39. The van der Waals surface area contributed by atoms with Gasteiger partial charge in [-0.15, -0.1) is 12.4 Å². The predicted molar refractivity (Wildman–Crippen MR) is 79.4 cm³/mol. The molecule has 1 fully saturated rings. The Bertz CT molecular complexity index is 471. The van der Waals surface area contributed by atoms with Crippen LogP contribution in [0.5, 0.6) is 5.75 Å². The van der Waals surface area contributed by atoms with Crippen LogP contribution in [0, 0.1) is 0 Å². The molecule has 0 aromatic heterocycles. The van der Waals surface area contributed by atoms with Crippen LogP contribution >= 0.6 is 12.4 Å². The Balaban J connectivity index is 0.00000242. The van der Waals surface area contributed by atoms with Crippen LogP contribution in [0.1, 0.15) is 12.0 Å². The largest absolute Gasteiger partial charge is 0.434 e. The topological polar surface area (TPSA) is 59.6 Å². The molecule has 22 heavy (non-hydrogen) atoms. The minimum Gasteiger partial charge on any atom is -0.434 e. The van der Waals surface area contributed by atoms with E-state index < -0.39 is 6.61 Å². The fourth-order valence-corrected chi connectivity index (χ4v) is 2.08. The average molecular weight is 337 g/mol. The van der Waals surface area contributed by atoms with E-state index in [0.29, 0.717) is 18.7 Å². The molecule has 1 atom stereocenters. The number of carbonyl (C=O) groups is 1. The van der Waals surface area contributed by atoms with Crippen molar-refractivity contribution in [3.8, 4) is 5.75 Å². The molecule has 5 nitrogen and oxygen atoms in total. The molecule has 1 saturated heterocycles. The standard InChI is InChI=1S/C14H18F2N2O3.ClH/c15-14(16)21-12-4-2-1-3-10(12)8-18-13(19)7-11-9-17-5-6-20-11;/h1-4,11,14,17H,5-9H2,(H,18,19);1H. The summed E-state index contributed by atoms with van der Waals surface area (Å²) < 4.78 is 34.4. The fraction of sp³-hybridized carbons (Fsp3) is 0.500. The first-order chi connectivity index (χ1) is 10.1. The van der Waals surface area contributed by atoms with Gasteiger partial charge in [0.1, 0.15) is 5.75 Å².